The van der Waals surface area contributed by atoms with Crippen molar-refractivity contribution in [3.05, 3.63) is 33.8 Å². The second-order valence-corrected chi connectivity index (χ2v) is 6.12. The Morgan fingerprint density at radius 1 is 1.16 bits per heavy atom. The molecule has 19 heavy (non-hydrogen) atoms. The molecule has 3 atom stereocenters. The van der Waals surface area contributed by atoms with E-state index in [0.717, 1.165) is 24.8 Å². The van der Waals surface area contributed by atoms with Crippen molar-refractivity contribution < 1.29 is 4.79 Å². The highest BCUT2D eigenvalue weighted by atomic mass is 35.5. The van der Waals surface area contributed by atoms with Gasteiger partial charge in [-0.2, -0.15) is 0 Å². The molecule has 0 aromatic heterocycles. The Morgan fingerprint density at radius 2 is 1.95 bits per heavy atom. The van der Waals surface area contributed by atoms with Crippen LogP contribution in [-0.2, 0) is 4.79 Å². The molecule has 1 aromatic carbocycles. The van der Waals surface area contributed by atoms with Crippen LogP contribution in [0.4, 0.5) is 0 Å². The van der Waals surface area contributed by atoms with Crippen LogP contribution < -0.4 is 10.6 Å². The average molecular weight is 299 g/mol. The van der Waals surface area contributed by atoms with E-state index in [1.54, 1.807) is 12.1 Å². The molecule has 1 heterocycles. The molecule has 3 nitrogen and oxygen atoms in total. The minimum absolute atomic E-state index is 0.107. The Labute approximate surface area is 122 Å². The summed E-state index contributed by atoms with van der Waals surface area (Å²) >= 11 is 12.1. The fourth-order valence-electron chi connectivity index (χ4n) is 3.05. The zero-order valence-corrected chi connectivity index (χ0v) is 12.0. The van der Waals surface area contributed by atoms with Gasteiger partial charge >= 0.3 is 0 Å². The Hall–Kier alpha value is -0.770. The highest BCUT2D eigenvalue weighted by molar-refractivity contribution is 6.35. The first-order valence-electron chi connectivity index (χ1n) is 6.66. The van der Waals surface area contributed by atoms with Crippen LogP contribution in [0.25, 0.3) is 0 Å². The molecule has 3 unspecified atom stereocenters. The quantitative estimate of drug-likeness (QED) is 0.835. The lowest BCUT2D eigenvalue weighted by Gasteiger charge is -2.40. The molecule has 3 rings (SSSR count). The number of fused-ring (bicyclic) bond motifs is 1. The molecule has 2 aliphatic rings. The normalized spacial score (nSPS) is 30.6. The summed E-state index contributed by atoms with van der Waals surface area (Å²) in [5.74, 6) is 0.246. The van der Waals surface area contributed by atoms with Gasteiger partial charge in [-0.3, -0.25) is 10.1 Å². The van der Waals surface area contributed by atoms with Crippen molar-refractivity contribution in [3.8, 4) is 0 Å². The van der Waals surface area contributed by atoms with Crippen LogP contribution in [0.15, 0.2) is 18.2 Å². The van der Waals surface area contributed by atoms with Crippen molar-refractivity contribution in [2.45, 2.75) is 37.9 Å². The van der Waals surface area contributed by atoms with Crippen molar-refractivity contribution in [3.63, 3.8) is 0 Å². The van der Waals surface area contributed by atoms with Gasteiger partial charge in [-0.15, -0.1) is 0 Å². The van der Waals surface area contributed by atoms with Gasteiger partial charge in [-0.25, -0.2) is 0 Å². The summed E-state index contributed by atoms with van der Waals surface area (Å²) in [5.41, 5.74) is 0.878. The number of hydrogen-bond donors (Lipinski definition) is 2. The Bertz CT molecular complexity index is 506. The first-order valence-corrected chi connectivity index (χ1v) is 7.42. The molecule has 1 aliphatic heterocycles. The van der Waals surface area contributed by atoms with Crippen LogP contribution in [-0.4, -0.2) is 11.9 Å². The minimum Gasteiger partial charge on any atom is -0.336 e. The third-order valence-electron chi connectivity index (χ3n) is 4.04. The number of nitrogens with one attached hydrogen (secondary N) is 2. The van der Waals surface area contributed by atoms with E-state index in [1.165, 1.54) is 6.42 Å². The molecule has 1 aromatic rings. The maximum Gasteiger partial charge on any atom is 0.226 e. The van der Waals surface area contributed by atoms with E-state index in [-0.39, 0.29) is 24.0 Å². The van der Waals surface area contributed by atoms with Crippen LogP contribution in [0.3, 0.4) is 0 Å². The van der Waals surface area contributed by atoms with E-state index < -0.39 is 0 Å². The van der Waals surface area contributed by atoms with Gasteiger partial charge in [0, 0.05) is 21.7 Å². The number of rotatable bonds is 1. The molecule has 0 radical (unpaired) electrons. The number of halogens is 2. The van der Waals surface area contributed by atoms with Gasteiger partial charge in [0.15, 0.2) is 0 Å². The van der Waals surface area contributed by atoms with Crippen LogP contribution in [0, 0.1) is 5.92 Å². The number of hydrogen-bond acceptors (Lipinski definition) is 2. The molecule has 1 saturated heterocycles. The van der Waals surface area contributed by atoms with Gasteiger partial charge in [0.25, 0.3) is 0 Å². The molecule has 0 bridgehead atoms. The highest BCUT2D eigenvalue weighted by Crippen LogP contribution is 2.32. The highest BCUT2D eigenvalue weighted by Gasteiger charge is 2.38. The lowest BCUT2D eigenvalue weighted by Crippen LogP contribution is -2.57. The van der Waals surface area contributed by atoms with Crippen LogP contribution in [0.5, 0.6) is 0 Å². The van der Waals surface area contributed by atoms with Gasteiger partial charge < -0.3 is 5.32 Å². The van der Waals surface area contributed by atoms with Gasteiger partial charge in [-0.05, 0) is 25.0 Å². The molecule has 2 N–H and O–H groups in total. The summed E-state index contributed by atoms with van der Waals surface area (Å²) in [5, 5.41) is 7.70. The van der Waals surface area contributed by atoms with E-state index >= 15 is 0 Å². The van der Waals surface area contributed by atoms with E-state index in [9.17, 15) is 4.79 Å². The van der Waals surface area contributed by atoms with Crippen molar-refractivity contribution >= 4 is 29.1 Å². The average Bonchev–Trinajstić information content (AvgIpc) is 2.38. The second kappa shape index (κ2) is 5.31. The Balaban J connectivity index is 1.84. The third kappa shape index (κ3) is 2.60. The fraction of sp³-hybridized carbons (Fsp3) is 0.500. The van der Waals surface area contributed by atoms with E-state index in [1.807, 2.05) is 6.07 Å². The number of carbonyl (C=O) groups is 1. The predicted molar refractivity (Wildman–Crippen MR) is 76.2 cm³/mol. The van der Waals surface area contributed by atoms with E-state index in [4.69, 9.17) is 23.2 Å². The molecule has 1 aliphatic carbocycles. The van der Waals surface area contributed by atoms with Crippen LogP contribution in [0.1, 0.15) is 37.4 Å². The van der Waals surface area contributed by atoms with Crippen molar-refractivity contribution in [1.82, 2.24) is 10.6 Å². The predicted octanol–water partition coefficient (Wildman–Crippen LogP) is 3.27. The van der Waals surface area contributed by atoms with Gasteiger partial charge in [0.05, 0.1) is 5.92 Å². The molecular weight excluding hydrogens is 283 g/mol. The molecule has 5 heteroatoms. The van der Waals surface area contributed by atoms with Crippen molar-refractivity contribution in [2.75, 3.05) is 0 Å². The summed E-state index contributed by atoms with van der Waals surface area (Å²) in [6.45, 7) is 0. The maximum absolute atomic E-state index is 12.2. The summed E-state index contributed by atoms with van der Waals surface area (Å²) in [4.78, 5) is 12.2. The van der Waals surface area contributed by atoms with Crippen molar-refractivity contribution in [2.24, 2.45) is 5.92 Å². The first-order chi connectivity index (χ1) is 9.15. The molecule has 102 valence electrons. The van der Waals surface area contributed by atoms with Gasteiger partial charge in [-0.1, -0.05) is 42.1 Å². The number of benzene rings is 1. The molecule has 1 amide bonds. The van der Waals surface area contributed by atoms with Crippen molar-refractivity contribution in [1.29, 1.82) is 0 Å². The molecule has 2 fully saturated rings. The zero-order chi connectivity index (χ0) is 13.4. The number of amides is 1. The molecular formula is C14H16Cl2N2O. The fourth-order valence-corrected chi connectivity index (χ4v) is 3.57. The lowest BCUT2D eigenvalue weighted by molar-refractivity contribution is -0.130. The third-order valence-corrected chi connectivity index (χ3v) is 4.61. The Morgan fingerprint density at radius 3 is 2.74 bits per heavy atom. The van der Waals surface area contributed by atoms with Gasteiger partial charge in [0.1, 0.15) is 6.17 Å². The minimum atomic E-state index is -0.211. The van der Waals surface area contributed by atoms with E-state index in [0.29, 0.717) is 10.0 Å². The summed E-state index contributed by atoms with van der Waals surface area (Å²) < 4.78 is 0. The van der Waals surface area contributed by atoms with Crippen LogP contribution >= 0.6 is 23.2 Å². The smallest absolute Gasteiger partial charge is 0.226 e. The monoisotopic (exact) mass is 298 g/mol. The zero-order valence-electron chi connectivity index (χ0n) is 10.5. The summed E-state index contributed by atoms with van der Waals surface area (Å²) in [7, 11) is 0. The second-order valence-electron chi connectivity index (χ2n) is 5.27. The molecule has 1 saturated carbocycles. The standard InChI is InChI=1S/C14H16Cl2N2O/c15-8-5-6-9(11(16)7-8)13-17-12-4-2-1-3-10(12)14(19)18-13/h5-7,10,12-13,17H,1-4H2,(H,18,19). The summed E-state index contributed by atoms with van der Waals surface area (Å²) in [6.07, 6.45) is 4.15. The lowest BCUT2D eigenvalue weighted by atomic mass is 9.82. The van der Waals surface area contributed by atoms with Gasteiger partial charge in [0.2, 0.25) is 5.91 Å². The van der Waals surface area contributed by atoms with E-state index in [2.05, 4.69) is 10.6 Å². The topological polar surface area (TPSA) is 41.1 Å². The molecule has 0 spiro atoms. The summed E-state index contributed by atoms with van der Waals surface area (Å²) in [6, 6.07) is 5.63. The SMILES string of the molecule is O=C1NC(c2ccc(Cl)cc2Cl)NC2CCCCC12. The maximum atomic E-state index is 12.2. The number of carbonyl (C=O) groups excluding carboxylic acids is 1. The first kappa shape index (κ1) is 13.2. The van der Waals surface area contributed by atoms with Crippen LogP contribution in [0.2, 0.25) is 10.0 Å². The Kier molecular flexibility index (Phi) is 3.70. The largest absolute Gasteiger partial charge is 0.336 e.